The van der Waals surface area contributed by atoms with Crippen LogP contribution in [0.3, 0.4) is 0 Å². The summed E-state index contributed by atoms with van der Waals surface area (Å²) < 4.78 is 0. The molecule has 1 atom stereocenters. The lowest BCUT2D eigenvalue weighted by Crippen LogP contribution is -2.71. The Labute approximate surface area is 195 Å². The normalized spacial score (nSPS) is 21.6. The Morgan fingerprint density at radius 2 is 1.88 bits per heavy atom. The third-order valence-corrected chi connectivity index (χ3v) is 6.51. The van der Waals surface area contributed by atoms with Crippen LogP contribution in [-0.4, -0.2) is 61.1 Å². The maximum absolute atomic E-state index is 13.9. The Kier molecular flexibility index (Phi) is 6.49. The first-order valence-corrected chi connectivity index (χ1v) is 11.4. The Bertz CT molecular complexity index is 1060. The first kappa shape index (κ1) is 22.9. The van der Waals surface area contributed by atoms with Crippen LogP contribution >= 0.6 is 0 Å². The number of nitrogens with zero attached hydrogens (tertiary/aromatic N) is 4. The fourth-order valence-electron chi connectivity index (χ4n) is 4.40. The fourth-order valence-corrected chi connectivity index (χ4v) is 4.40. The van der Waals surface area contributed by atoms with Crippen LogP contribution in [0.15, 0.2) is 53.5 Å². The summed E-state index contributed by atoms with van der Waals surface area (Å²) in [7, 11) is 3.54. The summed E-state index contributed by atoms with van der Waals surface area (Å²) in [6.45, 7) is 5.78. The van der Waals surface area contributed by atoms with E-state index in [2.05, 4.69) is 22.6 Å². The van der Waals surface area contributed by atoms with Crippen LogP contribution < -0.4 is 15.5 Å². The summed E-state index contributed by atoms with van der Waals surface area (Å²) in [6.07, 6.45) is 3.71. The number of para-hydroxylation sites is 1. The average Bonchev–Trinajstić information content (AvgIpc) is 2.90. The van der Waals surface area contributed by atoms with Gasteiger partial charge in [-0.05, 0) is 49.4 Å². The Morgan fingerprint density at radius 3 is 2.61 bits per heavy atom. The number of nitrogens with one attached hydrogen (secondary N) is 2. The molecule has 2 aromatic carbocycles. The number of benzodiazepines with no additional fused rings is 1. The van der Waals surface area contributed by atoms with E-state index in [0.717, 1.165) is 42.7 Å². The summed E-state index contributed by atoms with van der Waals surface area (Å²) in [5.41, 5.74) is 3.24. The highest BCUT2D eigenvalue weighted by molar-refractivity contribution is 6.08. The van der Waals surface area contributed by atoms with Gasteiger partial charge in [-0.15, -0.1) is 0 Å². The number of benzene rings is 2. The van der Waals surface area contributed by atoms with Crippen molar-refractivity contribution in [3.05, 3.63) is 59.7 Å². The monoisotopic (exact) mass is 448 g/mol. The number of fused-ring (bicyclic) bond motifs is 1. The lowest BCUT2D eigenvalue weighted by Gasteiger charge is -2.46. The van der Waals surface area contributed by atoms with E-state index < -0.39 is 11.8 Å². The Morgan fingerprint density at radius 1 is 1.15 bits per heavy atom. The topological polar surface area (TPSA) is 80.3 Å². The molecule has 0 radical (unpaired) electrons. The molecule has 1 fully saturated rings. The molecule has 2 aromatic rings. The molecule has 0 spiro atoms. The average molecular weight is 449 g/mol. The van der Waals surface area contributed by atoms with E-state index in [1.54, 1.807) is 23.2 Å². The number of amides is 3. The van der Waals surface area contributed by atoms with Crippen molar-refractivity contribution < 1.29 is 9.59 Å². The smallest absolute Gasteiger partial charge is 0.310 e. The predicted octanol–water partition coefficient (Wildman–Crippen LogP) is 3.44. The zero-order valence-corrected chi connectivity index (χ0v) is 19.7. The number of aryl methyl sites for hydroxylation is 1. The summed E-state index contributed by atoms with van der Waals surface area (Å²) >= 11 is 0. The van der Waals surface area contributed by atoms with Gasteiger partial charge in [-0.2, -0.15) is 5.01 Å². The van der Waals surface area contributed by atoms with Crippen LogP contribution in [0.1, 0.15) is 30.9 Å². The van der Waals surface area contributed by atoms with Gasteiger partial charge < -0.3 is 10.2 Å². The molecule has 1 unspecified atom stereocenters. The van der Waals surface area contributed by atoms with Crippen LogP contribution in [0.5, 0.6) is 0 Å². The van der Waals surface area contributed by atoms with Gasteiger partial charge in [0.25, 0.3) is 11.7 Å². The molecule has 0 bridgehead atoms. The lowest BCUT2D eigenvalue weighted by molar-refractivity contribution is -0.152. The van der Waals surface area contributed by atoms with Crippen LogP contribution in [0.2, 0.25) is 0 Å². The Balaban J connectivity index is 1.69. The third kappa shape index (κ3) is 4.62. The summed E-state index contributed by atoms with van der Waals surface area (Å²) in [4.78, 5) is 33.4. The lowest BCUT2D eigenvalue weighted by atomic mass is 10.0. The van der Waals surface area contributed by atoms with Gasteiger partial charge in [0.15, 0.2) is 0 Å². The molecule has 2 N–H and O–H groups in total. The molecule has 3 amide bonds. The van der Waals surface area contributed by atoms with Crippen molar-refractivity contribution in [1.29, 1.82) is 0 Å². The molecule has 2 heterocycles. The highest BCUT2D eigenvalue weighted by Gasteiger charge is 2.49. The minimum atomic E-state index is -1.62. The van der Waals surface area contributed by atoms with Crippen molar-refractivity contribution >= 4 is 29.5 Å². The van der Waals surface area contributed by atoms with E-state index in [1.807, 2.05) is 62.5 Å². The quantitative estimate of drug-likeness (QED) is 0.702. The second-order valence-corrected chi connectivity index (χ2v) is 8.96. The van der Waals surface area contributed by atoms with E-state index in [4.69, 9.17) is 4.99 Å². The van der Waals surface area contributed by atoms with Gasteiger partial charge >= 0.3 is 6.03 Å². The number of carbonyl (C=O) groups is 2. The summed E-state index contributed by atoms with van der Waals surface area (Å²) in [5, 5.41) is 9.66. The van der Waals surface area contributed by atoms with Gasteiger partial charge in [0, 0.05) is 44.7 Å². The van der Waals surface area contributed by atoms with Crippen LogP contribution in [0.4, 0.5) is 16.2 Å². The number of piperidine rings is 1. The number of hydrogen-bond donors (Lipinski definition) is 2. The second-order valence-electron chi connectivity index (χ2n) is 8.96. The van der Waals surface area contributed by atoms with Crippen LogP contribution in [0.25, 0.3) is 0 Å². The SMILES string of the molecule is Cc1cccc(NC(=O)NC2(N(C)N3CCC(C)CC3)N=Cc3ccccc3N(C)C2=O)c1. The van der Waals surface area contributed by atoms with Gasteiger partial charge in [0.05, 0.1) is 5.69 Å². The maximum Gasteiger partial charge on any atom is 0.322 e. The minimum absolute atomic E-state index is 0.329. The van der Waals surface area contributed by atoms with E-state index in [0.29, 0.717) is 11.6 Å². The molecule has 2 aliphatic rings. The van der Waals surface area contributed by atoms with Gasteiger partial charge in [0.1, 0.15) is 0 Å². The largest absolute Gasteiger partial charge is 0.322 e. The number of aliphatic imine (C=N–C) groups is 1. The van der Waals surface area contributed by atoms with Crippen molar-refractivity contribution in [2.24, 2.45) is 10.9 Å². The zero-order chi connectivity index (χ0) is 23.6. The highest BCUT2D eigenvalue weighted by atomic mass is 16.2. The van der Waals surface area contributed by atoms with Crippen molar-refractivity contribution in [2.45, 2.75) is 32.5 Å². The first-order chi connectivity index (χ1) is 15.8. The van der Waals surface area contributed by atoms with Crippen molar-refractivity contribution in [2.75, 3.05) is 37.4 Å². The van der Waals surface area contributed by atoms with Gasteiger partial charge in [0.2, 0.25) is 0 Å². The zero-order valence-electron chi connectivity index (χ0n) is 19.7. The van der Waals surface area contributed by atoms with E-state index in [1.165, 1.54) is 0 Å². The minimum Gasteiger partial charge on any atom is -0.310 e. The highest BCUT2D eigenvalue weighted by Crippen LogP contribution is 2.29. The van der Waals surface area contributed by atoms with Crippen molar-refractivity contribution in [3.8, 4) is 0 Å². The van der Waals surface area contributed by atoms with Crippen molar-refractivity contribution in [3.63, 3.8) is 0 Å². The molecule has 33 heavy (non-hydrogen) atoms. The molecule has 0 saturated carbocycles. The molecule has 0 aromatic heterocycles. The van der Waals surface area contributed by atoms with Gasteiger partial charge in [-0.1, -0.05) is 37.3 Å². The molecule has 174 valence electrons. The number of likely N-dealkylation sites (N-methyl/N-ethyl adjacent to an activating group) is 2. The van der Waals surface area contributed by atoms with Crippen molar-refractivity contribution in [1.82, 2.24) is 15.3 Å². The van der Waals surface area contributed by atoms with E-state index in [9.17, 15) is 9.59 Å². The molecule has 4 rings (SSSR count). The molecule has 2 aliphatic heterocycles. The number of carbonyl (C=O) groups excluding carboxylic acids is 2. The molecule has 0 aliphatic carbocycles. The van der Waals surface area contributed by atoms with Gasteiger partial charge in [-0.25, -0.2) is 14.8 Å². The predicted molar refractivity (Wildman–Crippen MR) is 131 cm³/mol. The molecular weight excluding hydrogens is 416 g/mol. The van der Waals surface area contributed by atoms with Crippen LogP contribution in [-0.2, 0) is 4.79 Å². The van der Waals surface area contributed by atoms with E-state index in [-0.39, 0.29) is 5.91 Å². The summed E-state index contributed by atoms with van der Waals surface area (Å²) in [5.74, 6) is -1.32. The maximum atomic E-state index is 13.9. The third-order valence-electron chi connectivity index (χ3n) is 6.51. The number of rotatable bonds is 4. The first-order valence-electron chi connectivity index (χ1n) is 11.4. The molecule has 8 heteroatoms. The van der Waals surface area contributed by atoms with Gasteiger partial charge in [-0.3, -0.25) is 10.1 Å². The van der Waals surface area contributed by atoms with Crippen LogP contribution in [0, 0.1) is 12.8 Å². The fraction of sp³-hybridized carbons (Fsp3) is 0.400. The molecule has 1 saturated heterocycles. The Hall–Kier alpha value is -3.23. The number of urea groups is 1. The standard InChI is InChI=1S/C25H32N6O2/c1-18-12-14-31(15-13-18)30(4)25(28-24(33)27-21-10-7-8-19(2)16-21)23(32)29(3)22-11-6-5-9-20(22)17-26-25/h5-11,16-18H,12-15H2,1-4H3,(H2,27,28,33). The second kappa shape index (κ2) is 9.33. The van der Waals surface area contributed by atoms with E-state index >= 15 is 0 Å². The number of hydrogen-bond acceptors (Lipinski definition) is 5. The summed E-state index contributed by atoms with van der Waals surface area (Å²) in [6, 6.07) is 14.6. The molecule has 8 nitrogen and oxygen atoms in total. The number of hydrazine groups is 1. The number of anilines is 2. The molecular formula is C25H32N6O2.